The Bertz CT molecular complexity index is 462. The first kappa shape index (κ1) is 17.5. The third-order valence-corrected chi connectivity index (χ3v) is 3.34. The van der Waals surface area contributed by atoms with Crippen LogP contribution < -0.4 is 0 Å². The van der Waals surface area contributed by atoms with E-state index in [0.717, 1.165) is 0 Å². The Morgan fingerprint density at radius 2 is 1.32 bits per heavy atom. The van der Waals surface area contributed by atoms with Gasteiger partial charge in [0.15, 0.2) is 0 Å². The van der Waals surface area contributed by atoms with E-state index in [0.29, 0.717) is 11.8 Å². The molecule has 1 aromatic rings. The molecular formula is C16H21Cl2Zr. The van der Waals surface area contributed by atoms with Crippen molar-refractivity contribution in [2.45, 2.75) is 46.5 Å². The zero-order valence-corrected chi connectivity index (χ0v) is 16.2. The van der Waals surface area contributed by atoms with Crippen molar-refractivity contribution in [1.82, 2.24) is 0 Å². The van der Waals surface area contributed by atoms with Crippen molar-refractivity contribution >= 4 is 23.1 Å². The third-order valence-electron chi connectivity index (χ3n) is 3.34. The summed E-state index contributed by atoms with van der Waals surface area (Å²) in [7, 11) is 9.87. The van der Waals surface area contributed by atoms with Crippen LogP contribution in [0.5, 0.6) is 0 Å². The van der Waals surface area contributed by atoms with Crippen LogP contribution >= 0.6 is 17.0 Å². The first-order chi connectivity index (χ1) is 8.92. The molecule has 0 saturated heterocycles. The quantitative estimate of drug-likeness (QED) is 0.571. The second-order valence-electron chi connectivity index (χ2n) is 5.48. The number of hydrogen-bond donors (Lipinski definition) is 0. The van der Waals surface area contributed by atoms with Crippen molar-refractivity contribution in [3.63, 3.8) is 0 Å². The molecule has 0 spiro atoms. The predicted octanol–water partition coefficient (Wildman–Crippen LogP) is 6.28. The van der Waals surface area contributed by atoms with Gasteiger partial charge in [-0.3, -0.25) is 0 Å². The molecule has 1 aliphatic carbocycles. The number of hydrogen-bond acceptors (Lipinski definition) is 0. The van der Waals surface area contributed by atoms with Gasteiger partial charge in [0, 0.05) is 6.42 Å². The molecule has 0 heterocycles. The molecular weight excluding hydrogens is 354 g/mol. The van der Waals surface area contributed by atoms with E-state index in [1.165, 1.54) is 27.8 Å². The molecule has 0 aliphatic heterocycles. The van der Waals surface area contributed by atoms with E-state index in [9.17, 15) is 0 Å². The van der Waals surface area contributed by atoms with Crippen LogP contribution in [-0.4, -0.2) is 0 Å². The summed E-state index contributed by atoms with van der Waals surface area (Å²) in [5.74, 6) is 1.20. The molecule has 103 valence electrons. The molecule has 0 unspecified atom stereocenters. The average Bonchev–Trinajstić information content (AvgIpc) is 2.68. The van der Waals surface area contributed by atoms with Crippen LogP contribution in [0, 0.1) is 6.42 Å². The standard InChI is InChI=1S/C16H21.2ClH.Zr/c1-10(2)13-6-7-14(11(3)4)16-9-12(5)8-15(13)16;;;/h6-11H,1-5H3;2*1H;/q;;;+2/p-2. The molecule has 1 radical (unpaired) electrons. The number of fused-ring (bicyclic) bond motifs is 1. The molecule has 2 rings (SSSR count). The molecule has 0 fully saturated rings. The second kappa shape index (κ2) is 8.01. The third kappa shape index (κ3) is 4.45. The maximum atomic E-state index is 4.93. The zero-order chi connectivity index (χ0) is 14.6. The van der Waals surface area contributed by atoms with Crippen molar-refractivity contribution in [3.8, 4) is 0 Å². The normalized spacial score (nSPS) is 13.0. The fourth-order valence-corrected chi connectivity index (χ4v) is 2.50. The molecule has 19 heavy (non-hydrogen) atoms. The fourth-order valence-electron chi connectivity index (χ4n) is 2.50. The monoisotopic (exact) mass is 373 g/mol. The van der Waals surface area contributed by atoms with Gasteiger partial charge >= 0.3 is 37.9 Å². The van der Waals surface area contributed by atoms with Crippen LogP contribution in [0.1, 0.15) is 68.7 Å². The predicted molar refractivity (Wildman–Crippen MR) is 83.4 cm³/mol. The summed E-state index contributed by atoms with van der Waals surface area (Å²) in [6.07, 6.45) is 4.66. The summed E-state index contributed by atoms with van der Waals surface area (Å²) in [6, 6.07) is 4.61. The van der Waals surface area contributed by atoms with E-state index in [1.54, 1.807) is 0 Å². The number of benzene rings is 1. The molecule has 0 amide bonds. The maximum absolute atomic E-state index is 4.93. The first-order valence-electron chi connectivity index (χ1n) is 6.58. The second-order valence-corrected chi connectivity index (χ2v) is 9.22. The van der Waals surface area contributed by atoms with E-state index < -0.39 is 20.8 Å². The van der Waals surface area contributed by atoms with Crippen molar-refractivity contribution in [1.29, 1.82) is 0 Å². The van der Waals surface area contributed by atoms with Gasteiger partial charge in [0.05, 0.1) is 0 Å². The van der Waals surface area contributed by atoms with Crippen molar-refractivity contribution in [2.75, 3.05) is 0 Å². The van der Waals surface area contributed by atoms with Crippen molar-refractivity contribution < 1.29 is 20.8 Å². The van der Waals surface area contributed by atoms with Crippen molar-refractivity contribution in [2.24, 2.45) is 0 Å². The molecule has 0 bridgehead atoms. The van der Waals surface area contributed by atoms with Crippen LogP contribution in [0.2, 0.25) is 0 Å². The van der Waals surface area contributed by atoms with Gasteiger partial charge in [-0.25, -0.2) is 0 Å². The van der Waals surface area contributed by atoms with Crippen LogP contribution in [0.3, 0.4) is 0 Å². The summed E-state index contributed by atoms with van der Waals surface area (Å²) >= 11 is -0.826. The fraction of sp³-hybridized carbons (Fsp3) is 0.438. The topological polar surface area (TPSA) is 0 Å². The van der Waals surface area contributed by atoms with Gasteiger partial charge in [-0.1, -0.05) is 51.5 Å². The summed E-state index contributed by atoms with van der Waals surface area (Å²) in [5.41, 5.74) is 7.25. The van der Waals surface area contributed by atoms with E-state index >= 15 is 0 Å². The Balaban J connectivity index is 0.000000550. The number of halogens is 2. The first-order valence-corrected chi connectivity index (χ1v) is 12.9. The minimum absolute atomic E-state index is 0.602. The Morgan fingerprint density at radius 1 is 0.895 bits per heavy atom. The average molecular weight is 375 g/mol. The van der Waals surface area contributed by atoms with Gasteiger partial charge in [0.2, 0.25) is 0 Å². The van der Waals surface area contributed by atoms with E-state index in [-0.39, 0.29) is 0 Å². The Kier molecular flexibility index (Phi) is 7.37. The molecule has 1 aromatic carbocycles. The molecule has 1 aliphatic rings. The zero-order valence-electron chi connectivity index (χ0n) is 12.2. The molecule has 0 aromatic heterocycles. The molecule has 0 atom stereocenters. The van der Waals surface area contributed by atoms with Gasteiger partial charge in [-0.15, -0.1) is 0 Å². The van der Waals surface area contributed by atoms with Crippen LogP contribution in [0.4, 0.5) is 0 Å². The number of allylic oxidation sites excluding steroid dienone is 1. The molecule has 3 heteroatoms. The van der Waals surface area contributed by atoms with Gasteiger partial charge < -0.3 is 0 Å². The van der Waals surface area contributed by atoms with Gasteiger partial charge in [0.1, 0.15) is 0 Å². The van der Waals surface area contributed by atoms with E-state index in [2.05, 4.69) is 59.2 Å². The minimum atomic E-state index is -0.826. The summed E-state index contributed by atoms with van der Waals surface area (Å²) in [6.45, 7) is 11.3. The molecule has 0 N–H and O–H groups in total. The van der Waals surface area contributed by atoms with E-state index in [4.69, 9.17) is 17.0 Å². The van der Waals surface area contributed by atoms with Crippen LogP contribution in [-0.2, 0) is 20.8 Å². The van der Waals surface area contributed by atoms with Gasteiger partial charge in [-0.2, -0.15) is 0 Å². The number of rotatable bonds is 2. The Morgan fingerprint density at radius 3 is 1.74 bits per heavy atom. The van der Waals surface area contributed by atoms with Gasteiger partial charge in [0.25, 0.3) is 0 Å². The van der Waals surface area contributed by atoms with Crippen LogP contribution in [0.25, 0.3) is 6.08 Å². The summed E-state index contributed by atoms with van der Waals surface area (Å²) < 4.78 is 0. The van der Waals surface area contributed by atoms with E-state index in [1.807, 2.05) is 0 Å². The van der Waals surface area contributed by atoms with Crippen LogP contribution in [0.15, 0.2) is 17.7 Å². The molecule has 0 nitrogen and oxygen atoms in total. The Hall–Kier alpha value is 0.423. The van der Waals surface area contributed by atoms with Gasteiger partial charge in [-0.05, 0) is 41.0 Å². The summed E-state index contributed by atoms with van der Waals surface area (Å²) in [5, 5.41) is 0. The Labute approximate surface area is 136 Å². The summed E-state index contributed by atoms with van der Waals surface area (Å²) in [4.78, 5) is 0. The van der Waals surface area contributed by atoms with Crippen molar-refractivity contribution in [3.05, 3.63) is 46.4 Å². The molecule has 0 saturated carbocycles. The SMILES string of the molecule is CC1=Cc2c(C(C)C)ccc(C(C)C)c2[CH]1.[Cl][Zr][Cl].